The summed E-state index contributed by atoms with van der Waals surface area (Å²) in [5.41, 5.74) is 0. The molecule has 2 heterocycles. The van der Waals surface area contributed by atoms with Gasteiger partial charge in [0.25, 0.3) is 0 Å². The highest BCUT2D eigenvalue weighted by Crippen LogP contribution is 2.18. The maximum absolute atomic E-state index is 4.43. The molecule has 0 bridgehead atoms. The zero-order chi connectivity index (χ0) is 14.4. The van der Waals surface area contributed by atoms with Crippen LogP contribution in [0.2, 0.25) is 0 Å². The summed E-state index contributed by atoms with van der Waals surface area (Å²) in [5.74, 6) is 1.88. The van der Waals surface area contributed by atoms with Crippen LogP contribution in [0.3, 0.4) is 0 Å². The molecule has 1 aromatic rings. The summed E-state index contributed by atoms with van der Waals surface area (Å²) >= 11 is 0. The number of nitrogens with one attached hydrogen (secondary N) is 1. The first-order chi connectivity index (χ1) is 9.70. The van der Waals surface area contributed by atoms with Gasteiger partial charge in [0.05, 0.1) is 6.54 Å². The van der Waals surface area contributed by atoms with Crippen LogP contribution in [0, 0.1) is 5.92 Å². The Hall–Kier alpha value is -0.940. The highest BCUT2D eigenvalue weighted by atomic mass is 15.4. The third-order valence-corrected chi connectivity index (χ3v) is 3.96. The van der Waals surface area contributed by atoms with Gasteiger partial charge in [-0.05, 0) is 58.7 Å². The Morgan fingerprint density at radius 2 is 2.30 bits per heavy atom. The van der Waals surface area contributed by atoms with E-state index in [9.17, 15) is 0 Å². The van der Waals surface area contributed by atoms with Gasteiger partial charge in [0.15, 0.2) is 0 Å². The molecule has 1 aliphatic heterocycles. The fourth-order valence-corrected chi connectivity index (χ4v) is 2.96. The summed E-state index contributed by atoms with van der Waals surface area (Å²) in [6.45, 7) is 12.1. The second-order valence-corrected chi connectivity index (χ2v) is 6.16. The van der Waals surface area contributed by atoms with E-state index in [4.69, 9.17) is 0 Å². The van der Waals surface area contributed by atoms with Gasteiger partial charge < -0.3 is 5.32 Å². The predicted octanol–water partition coefficient (Wildman–Crippen LogP) is 2.07. The van der Waals surface area contributed by atoms with Crippen molar-refractivity contribution in [1.29, 1.82) is 0 Å². The van der Waals surface area contributed by atoms with E-state index in [-0.39, 0.29) is 0 Å². The van der Waals surface area contributed by atoms with Crippen LogP contribution in [0.25, 0.3) is 0 Å². The van der Waals surface area contributed by atoms with E-state index >= 15 is 0 Å². The monoisotopic (exact) mass is 279 g/mol. The molecule has 0 aromatic carbocycles. The lowest BCUT2D eigenvalue weighted by atomic mass is 9.98. The van der Waals surface area contributed by atoms with Crippen molar-refractivity contribution in [3.63, 3.8) is 0 Å². The van der Waals surface area contributed by atoms with Crippen molar-refractivity contribution in [2.75, 3.05) is 26.2 Å². The summed E-state index contributed by atoms with van der Waals surface area (Å²) in [4.78, 5) is 6.96. The number of hydrogen-bond acceptors (Lipinski definition) is 4. The molecule has 5 heteroatoms. The normalized spacial score (nSPS) is 20.7. The first kappa shape index (κ1) is 15.4. The largest absolute Gasteiger partial charge is 0.316 e. The number of likely N-dealkylation sites (tertiary alicyclic amines) is 1. The molecule has 2 rings (SSSR count). The lowest BCUT2D eigenvalue weighted by molar-refractivity contribution is 0.159. The third kappa shape index (κ3) is 4.28. The Labute approximate surface area is 122 Å². The van der Waals surface area contributed by atoms with Crippen molar-refractivity contribution in [1.82, 2.24) is 25.0 Å². The molecule has 1 unspecified atom stereocenters. The zero-order valence-electron chi connectivity index (χ0n) is 13.2. The molecule has 1 aromatic heterocycles. The number of piperidine rings is 1. The molecule has 0 amide bonds. The maximum Gasteiger partial charge on any atom is 0.141 e. The number of aromatic nitrogens is 3. The SMILES string of the molecule is CCCNCC1CCCN(Cc2ncnn2C(C)C)C1. The molecule has 1 fully saturated rings. The van der Waals surface area contributed by atoms with E-state index in [1.165, 1.54) is 32.4 Å². The fourth-order valence-electron chi connectivity index (χ4n) is 2.96. The quantitative estimate of drug-likeness (QED) is 0.776. The van der Waals surface area contributed by atoms with E-state index in [2.05, 4.69) is 41.1 Å². The second-order valence-electron chi connectivity index (χ2n) is 6.16. The Balaban J connectivity index is 1.84. The van der Waals surface area contributed by atoms with E-state index < -0.39 is 0 Å². The molecule has 1 atom stereocenters. The first-order valence-electron chi connectivity index (χ1n) is 8.02. The number of hydrogen-bond donors (Lipinski definition) is 1. The number of rotatable bonds is 7. The molecule has 5 nitrogen and oxygen atoms in total. The Morgan fingerprint density at radius 1 is 1.45 bits per heavy atom. The van der Waals surface area contributed by atoms with Crippen molar-refractivity contribution < 1.29 is 0 Å². The van der Waals surface area contributed by atoms with Gasteiger partial charge in [-0.15, -0.1) is 0 Å². The van der Waals surface area contributed by atoms with Crippen LogP contribution in [0.15, 0.2) is 6.33 Å². The van der Waals surface area contributed by atoms with Crippen LogP contribution in [0.4, 0.5) is 0 Å². The van der Waals surface area contributed by atoms with Crippen LogP contribution in [0.5, 0.6) is 0 Å². The summed E-state index contributed by atoms with van der Waals surface area (Å²) in [6, 6.07) is 0.388. The van der Waals surface area contributed by atoms with Gasteiger partial charge in [0.1, 0.15) is 12.2 Å². The Morgan fingerprint density at radius 3 is 3.05 bits per heavy atom. The van der Waals surface area contributed by atoms with Crippen LogP contribution < -0.4 is 5.32 Å². The van der Waals surface area contributed by atoms with Gasteiger partial charge >= 0.3 is 0 Å². The molecular weight excluding hydrogens is 250 g/mol. The molecule has 0 spiro atoms. The van der Waals surface area contributed by atoms with Gasteiger partial charge in [-0.1, -0.05) is 6.92 Å². The van der Waals surface area contributed by atoms with Crippen molar-refractivity contribution in [3.8, 4) is 0 Å². The predicted molar refractivity (Wildman–Crippen MR) is 81.6 cm³/mol. The Bertz CT molecular complexity index is 387. The standard InChI is InChI=1S/C15H29N5/c1-4-7-16-9-14-6-5-8-19(10-14)11-15-17-12-18-20(15)13(2)3/h12-14,16H,4-11H2,1-3H3. The van der Waals surface area contributed by atoms with E-state index in [1.807, 2.05) is 4.68 Å². The van der Waals surface area contributed by atoms with E-state index in [0.717, 1.165) is 31.4 Å². The van der Waals surface area contributed by atoms with Gasteiger partial charge in [-0.2, -0.15) is 5.10 Å². The van der Waals surface area contributed by atoms with Crippen LogP contribution in [-0.2, 0) is 6.54 Å². The van der Waals surface area contributed by atoms with Gasteiger partial charge in [-0.3, -0.25) is 4.90 Å². The van der Waals surface area contributed by atoms with Crippen molar-refractivity contribution in [3.05, 3.63) is 12.2 Å². The molecule has 20 heavy (non-hydrogen) atoms. The van der Waals surface area contributed by atoms with Crippen molar-refractivity contribution in [2.24, 2.45) is 5.92 Å². The van der Waals surface area contributed by atoms with Crippen LogP contribution >= 0.6 is 0 Å². The summed E-state index contributed by atoms with van der Waals surface area (Å²) < 4.78 is 2.04. The summed E-state index contributed by atoms with van der Waals surface area (Å²) in [7, 11) is 0. The zero-order valence-corrected chi connectivity index (χ0v) is 13.2. The van der Waals surface area contributed by atoms with Crippen molar-refractivity contribution >= 4 is 0 Å². The highest BCUT2D eigenvalue weighted by Gasteiger charge is 2.21. The van der Waals surface area contributed by atoms with E-state index in [1.54, 1.807) is 6.33 Å². The molecule has 114 valence electrons. The van der Waals surface area contributed by atoms with Crippen LogP contribution in [0.1, 0.15) is 51.9 Å². The maximum atomic E-state index is 4.43. The summed E-state index contributed by atoms with van der Waals surface area (Å²) in [6.07, 6.45) is 5.55. The van der Waals surface area contributed by atoms with Crippen LogP contribution in [-0.4, -0.2) is 45.8 Å². The average Bonchev–Trinajstić information content (AvgIpc) is 2.88. The lowest BCUT2D eigenvalue weighted by Crippen LogP contribution is -2.39. The molecule has 1 saturated heterocycles. The third-order valence-electron chi connectivity index (χ3n) is 3.96. The Kier molecular flexibility index (Phi) is 5.98. The molecule has 0 radical (unpaired) electrons. The average molecular weight is 279 g/mol. The van der Waals surface area contributed by atoms with Crippen molar-refractivity contribution in [2.45, 2.75) is 52.6 Å². The molecule has 1 aliphatic rings. The van der Waals surface area contributed by atoms with E-state index in [0.29, 0.717) is 6.04 Å². The minimum Gasteiger partial charge on any atom is -0.316 e. The molecule has 0 saturated carbocycles. The highest BCUT2D eigenvalue weighted by molar-refractivity contribution is 4.88. The van der Waals surface area contributed by atoms with Gasteiger partial charge in [0, 0.05) is 12.6 Å². The minimum absolute atomic E-state index is 0.388. The van der Waals surface area contributed by atoms with Gasteiger partial charge in [-0.25, -0.2) is 9.67 Å². The molecular formula is C15H29N5. The second kappa shape index (κ2) is 7.74. The first-order valence-corrected chi connectivity index (χ1v) is 8.02. The minimum atomic E-state index is 0.388. The fraction of sp³-hybridized carbons (Fsp3) is 0.867. The molecule has 1 N–H and O–H groups in total. The van der Waals surface area contributed by atoms with Gasteiger partial charge in [0.2, 0.25) is 0 Å². The smallest absolute Gasteiger partial charge is 0.141 e. The number of nitrogens with zero attached hydrogens (tertiary/aromatic N) is 4. The molecule has 0 aliphatic carbocycles. The topological polar surface area (TPSA) is 46.0 Å². The lowest BCUT2D eigenvalue weighted by Gasteiger charge is -2.32. The summed E-state index contributed by atoms with van der Waals surface area (Å²) in [5, 5.41) is 7.88.